The van der Waals surface area contributed by atoms with Crippen LogP contribution in [0.3, 0.4) is 0 Å². The van der Waals surface area contributed by atoms with Gasteiger partial charge in [0, 0.05) is 24.7 Å². The second-order valence-electron chi connectivity index (χ2n) is 5.75. The summed E-state index contributed by atoms with van der Waals surface area (Å²) in [6.07, 6.45) is 6.33. The normalized spacial score (nSPS) is 16.7. The minimum Gasteiger partial charge on any atom is -0.409 e. The maximum Gasteiger partial charge on any atom is 0.253 e. The van der Waals surface area contributed by atoms with Crippen LogP contribution in [0.2, 0.25) is 0 Å². The van der Waals surface area contributed by atoms with Crippen LogP contribution in [0.15, 0.2) is 29.4 Å². The van der Waals surface area contributed by atoms with E-state index in [9.17, 15) is 4.79 Å². The van der Waals surface area contributed by atoms with Crippen LogP contribution in [0.5, 0.6) is 0 Å². The highest BCUT2D eigenvalue weighted by Crippen LogP contribution is 2.24. The molecule has 0 aliphatic heterocycles. The van der Waals surface area contributed by atoms with Crippen LogP contribution in [-0.4, -0.2) is 35.4 Å². The molecule has 1 fully saturated rings. The summed E-state index contributed by atoms with van der Waals surface area (Å²) in [4.78, 5) is 14.2. The van der Waals surface area contributed by atoms with Crippen molar-refractivity contribution >= 4 is 11.7 Å². The number of oxime groups is 1. The van der Waals surface area contributed by atoms with Crippen molar-refractivity contribution in [1.82, 2.24) is 4.90 Å². The predicted molar refractivity (Wildman–Crippen MR) is 82.5 cm³/mol. The van der Waals surface area contributed by atoms with Crippen LogP contribution in [0.25, 0.3) is 0 Å². The summed E-state index contributed by atoms with van der Waals surface area (Å²) in [5.41, 5.74) is 6.74. The molecule has 1 saturated carbocycles. The molecule has 1 amide bonds. The summed E-state index contributed by atoms with van der Waals surface area (Å²) < 4.78 is 0. The molecule has 0 saturated heterocycles. The lowest BCUT2D eigenvalue weighted by atomic mass is 9.89. The first kappa shape index (κ1) is 15.4. The average Bonchev–Trinajstić information content (AvgIpc) is 2.54. The number of amidine groups is 1. The fourth-order valence-corrected chi connectivity index (χ4v) is 2.90. The lowest BCUT2D eigenvalue weighted by Gasteiger charge is -2.27. The molecule has 0 unspecified atom stereocenters. The van der Waals surface area contributed by atoms with Gasteiger partial charge in [0.15, 0.2) is 5.84 Å². The molecule has 0 aromatic heterocycles. The maximum absolute atomic E-state index is 12.4. The molecule has 3 N–H and O–H groups in total. The first-order chi connectivity index (χ1) is 10.1. The number of nitrogens with two attached hydrogens (primary N) is 1. The second-order valence-corrected chi connectivity index (χ2v) is 5.75. The molecular formula is C16H23N3O2. The summed E-state index contributed by atoms with van der Waals surface area (Å²) in [5, 5.41) is 11.6. The topological polar surface area (TPSA) is 78.9 Å². The van der Waals surface area contributed by atoms with Gasteiger partial charge in [-0.3, -0.25) is 4.79 Å². The standard InChI is InChI=1S/C16H23N3O2/c1-19(11-12-5-3-2-4-6-12)16(20)14-9-7-13(8-10-14)15(17)18-21/h7-10,12,21H,2-6,11H2,1H3,(H2,17,18). The van der Waals surface area contributed by atoms with Gasteiger partial charge in [0.2, 0.25) is 0 Å². The van der Waals surface area contributed by atoms with Crippen LogP contribution >= 0.6 is 0 Å². The Kier molecular flexibility index (Phi) is 5.20. The zero-order chi connectivity index (χ0) is 15.2. The fourth-order valence-electron chi connectivity index (χ4n) is 2.90. The molecule has 0 atom stereocenters. The highest BCUT2D eigenvalue weighted by atomic mass is 16.4. The molecule has 1 aromatic rings. The van der Waals surface area contributed by atoms with Gasteiger partial charge in [-0.2, -0.15) is 0 Å². The minimum atomic E-state index is 0.0200. The van der Waals surface area contributed by atoms with E-state index in [1.807, 2.05) is 7.05 Å². The van der Waals surface area contributed by atoms with Gasteiger partial charge in [-0.25, -0.2) is 0 Å². The molecule has 1 aromatic carbocycles. The molecule has 114 valence electrons. The smallest absolute Gasteiger partial charge is 0.253 e. The summed E-state index contributed by atoms with van der Waals surface area (Å²) in [5.74, 6) is 0.695. The molecule has 5 nitrogen and oxygen atoms in total. The number of carbonyl (C=O) groups excluding carboxylic acids is 1. The van der Waals surface area contributed by atoms with Crippen molar-refractivity contribution < 1.29 is 10.0 Å². The van der Waals surface area contributed by atoms with E-state index in [4.69, 9.17) is 10.9 Å². The lowest BCUT2D eigenvalue weighted by molar-refractivity contribution is 0.0760. The quantitative estimate of drug-likeness (QED) is 0.387. The predicted octanol–water partition coefficient (Wildman–Crippen LogP) is 2.43. The van der Waals surface area contributed by atoms with E-state index in [0.717, 1.165) is 6.54 Å². The molecule has 21 heavy (non-hydrogen) atoms. The van der Waals surface area contributed by atoms with Gasteiger partial charge in [-0.05, 0) is 30.9 Å². The highest BCUT2D eigenvalue weighted by molar-refractivity contribution is 5.99. The molecule has 0 heterocycles. The Balaban J connectivity index is 1.98. The summed E-state index contributed by atoms with van der Waals surface area (Å²) in [7, 11) is 1.86. The van der Waals surface area contributed by atoms with Crippen LogP contribution in [-0.2, 0) is 0 Å². The van der Waals surface area contributed by atoms with Gasteiger partial charge in [0.1, 0.15) is 0 Å². The Morgan fingerprint density at radius 1 is 1.24 bits per heavy atom. The number of hydrogen-bond acceptors (Lipinski definition) is 3. The molecule has 1 aliphatic rings. The Labute approximate surface area is 125 Å². The summed E-state index contributed by atoms with van der Waals surface area (Å²) in [6, 6.07) is 6.81. The van der Waals surface area contributed by atoms with Crippen molar-refractivity contribution in [3.05, 3.63) is 35.4 Å². The zero-order valence-electron chi connectivity index (χ0n) is 12.5. The molecule has 2 rings (SSSR count). The van der Waals surface area contributed by atoms with E-state index < -0.39 is 0 Å². The van der Waals surface area contributed by atoms with Crippen LogP contribution in [0.4, 0.5) is 0 Å². The Morgan fingerprint density at radius 2 is 1.81 bits per heavy atom. The molecule has 0 spiro atoms. The monoisotopic (exact) mass is 289 g/mol. The number of nitrogens with zero attached hydrogens (tertiary/aromatic N) is 2. The van der Waals surface area contributed by atoms with Crippen molar-refractivity contribution in [2.45, 2.75) is 32.1 Å². The van der Waals surface area contributed by atoms with E-state index in [1.54, 1.807) is 29.2 Å². The fraction of sp³-hybridized carbons (Fsp3) is 0.500. The number of carbonyl (C=O) groups is 1. The first-order valence-corrected chi connectivity index (χ1v) is 7.45. The van der Waals surface area contributed by atoms with Crippen molar-refractivity contribution in [2.75, 3.05) is 13.6 Å². The van der Waals surface area contributed by atoms with E-state index >= 15 is 0 Å². The van der Waals surface area contributed by atoms with Crippen molar-refractivity contribution in [3.8, 4) is 0 Å². The SMILES string of the molecule is CN(CC1CCCCC1)C(=O)c1ccc(C(N)=NO)cc1. The number of rotatable bonds is 4. The van der Waals surface area contributed by atoms with Gasteiger partial charge >= 0.3 is 0 Å². The first-order valence-electron chi connectivity index (χ1n) is 7.45. The molecule has 0 bridgehead atoms. The van der Waals surface area contributed by atoms with Gasteiger partial charge in [-0.1, -0.05) is 36.6 Å². The molecule has 5 heteroatoms. The summed E-state index contributed by atoms with van der Waals surface area (Å²) in [6.45, 7) is 0.820. The van der Waals surface area contributed by atoms with Gasteiger partial charge in [0.25, 0.3) is 5.91 Å². The van der Waals surface area contributed by atoms with Gasteiger partial charge in [0.05, 0.1) is 0 Å². The third-order valence-electron chi connectivity index (χ3n) is 4.14. The Bertz CT molecular complexity index is 505. The highest BCUT2D eigenvalue weighted by Gasteiger charge is 2.19. The number of benzene rings is 1. The number of hydrogen-bond donors (Lipinski definition) is 2. The van der Waals surface area contributed by atoms with E-state index in [-0.39, 0.29) is 11.7 Å². The Morgan fingerprint density at radius 3 is 2.38 bits per heavy atom. The minimum absolute atomic E-state index is 0.0200. The largest absolute Gasteiger partial charge is 0.409 e. The number of amides is 1. The molecular weight excluding hydrogens is 266 g/mol. The van der Waals surface area contributed by atoms with Crippen LogP contribution in [0, 0.1) is 5.92 Å². The zero-order valence-corrected chi connectivity index (χ0v) is 12.5. The molecule has 1 aliphatic carbocycles. The van der Waals surface area contributed by atoms with Crippen molar-refractivity contribution in [2.24, 2.45) is 16.8 Å². The van der Waals surface area contributed by atoms with E-state index in [1.165, 1.54) is 32.1 Å². The third kappa shape index (κ3) is 3.97. The lowest BCUT2D eigenvalue weighted by Crippen LogP contribution is -2.32. The average molecular weight is 289 g/mol. The Hall–Kier alpha value is -2.04. The van der Waals surface area contributed by atoms with E-state index in [0.29, 0.717) is 17.0 Å². The van der Waals surface area contributed by atoms with E-state index in [2.05, 4.69) is 5.16 Å². The van der Waals surface area contributed by atoms with Crippen LogP contribution in [0.1, 0.15) is 48.0 Å². The maximum atomic E-state index is 12.4. The van der Waals surface area contributed by atoms with Gasteiger partial charge in [-0.15, -0.1) is 0 Å². The van der Waals surface area contributed by atoms with Crippen molar-refractivity contribution in [1.29, 1.82) is 0 Å². The summed E-state index contributed by atoms with van der Waals surface area (Å²) >= 11 is 0. The van der Waals surface area contributed by atoms with Gasteiger partial charge < -0.3 is 15.8 Å². The van der Waals surface area contributed by atoms with Crippen molar-refractivity contribution in [3.63, 3.8) is 0 Å². The second kappa shape index (κ2) is 7.11. The molecule has 0 radical (unpaired) electrons. The third-order valence-corrected chi connectivity index (χ3v) is 4.14. The van der Waals surface area contributed by atoms with Crippen LogP contribution < -0.4 is 5.73 Å².